The van der Waals surface area contributed by atoms with E-state index in [1.165, 1.54) is 0 Å². The van der Waals surface area contributed by atoms with Crippen molar-refractivity contribution in [3.8, 4) is 0 Å². The van der Waals surface area contributed by atoms with Crippen LogP contribution in [0, 0.1) is 0 Å². The highest BCUT2D eigenvalue weighted by molar-refractivity contribution is 5.67. The van der Waals surface area contributed by atoms with Gasteiger partial charge in [-0.1, -0.05) is 30.4 Å². The van der Waals surface area contributed by atoms with E-state index in [-0.39, 0.29) is 0 Å². The van der Waals surface area contributed by atoms with E-state index in [1.54, 1.807) is 0 Å². The van der Waals surface area contributed by atoms with Gasteiger partial charge in [0, 0.05) is 12.2 Å². The summed E-state index contributed by atoms with van der Waals surface area (Å²) < 4.78 is 5.09. The number of allylic oxidation sites excluding steroid dienone is 3. The SMILES string of the molecule is CC=CC=C(C)COC(=O)NCCc1ccc(N)cc1. The van der Waals surface area contributed by atoms with Crippen LogP contribution in [0.4, 0.5) is 10.5 Å². The number of hydrogen-bond donors (Lipinski definition) is 2. The molecular weight excluding hydrogens is 252 g/mol. The van der Waals surface area contributed by atoms with Crippen LogP contribution in [-0.4, -0.2) is 19.2 Å². The van der Waals surface area contributed by atoms with Crippen molar-refractivity contribution < 1.29 is 9.53 Å². The molecule has 0 fully saturated rings. The van der Waals surface area contributed by atoms with Gasteiger partial charge < -0.3 is 15.8 Å². The fraction of sp³-hybridized carbons (Fsp3) is 0.312. The van der Waals surface area contributed by atoms with Gasteiger partial charge in [0.2, 0.25) is 0 Å². The van der Waals surface area contributed by atoms with Crippen molar-refractivity contribution in [3.05, 3.63) is 53.6 Å². The largest absolute Gasteiger partial charge is 0.445 e. The lowest BCUT2D eigenvalue weighted by Crippen LogP contribution is -2.27. The lowest BCUT2D eigenvalue weighted by molar-refractivity contribution is 0.156. The summed E-state index contributed by atoms with van der Waals surface area (Å²) in [4.78, 5) is 11.5. The maximum Gasteiger partial charge on any atom is 0.407 e. The molecule has 20 heavy (non-hydrogen) atoms. The lowest BCUT2D eigenvalue weighted by atomic mass is 10.1. The van der Waals surface area contributed by atoms with E-state index in [4.69, 9.17) is 10.5 Å². The minimum absolute atomic E-state index is 0.304. The molecule has 4 nitrogen and oxygen atoms in total. The Morgan fingerprint density at radius 3 is 2.70 bits per heavy atom. The summed E-state index contributed by atoms with van der Waals surface area (Å²) in [7, 11) is 0. The molecule has 0 saturated heterocycles. The zero-order valence-electron chi connectivity index (χ0n) is 12.1. The molecule has 0 aliphatic rings. The first kappa shape index (κ1) is 15.8. The van der Waals surface area contributed by atoms with Crippen LogP contribution < -0.4 is 11.1 Å². The number of benzene rings is 1. The Bertz CT molecular complexity index is 476. The maximum absolute atomic E-state index is 11.5. The summed E-state index contributed by atoms with van der Waals surface area (Å²) in [5, 5.41) is 2.72. The second-order valence-corrected chi connectivity index (χ2v) is 4.53. The number of amides is 1. The van der Waals surface area contributed by atoms with Gasteiger partial charge in [0.1, 0.15) is 6.61 Å². The van der Waals surface area contributed by atoms with E-state index < -0.39 is 6.09 Å². The van der Waals surface area contributed by atoms with Gasteiger partial charge in [-0.15, -0.1) is 0 Å². The molecule has 0 saturated carbocycles. The van der Waals surface area contributed by atoms with Gasteiger partial charge in [-0.25, -0.2) is 4.79 Å². The van der Waals surface area contributed by atoms with Gasteiger partial charge in [0.15, 0.2) is 0 Å². The Hall–Kier alpha value is -2.23. The quantitative estimate of drug-likeness (QED) is 0.619. The van der Waals surface area contributed by atoms with Gasteiger partial charge in [-0.3, -0.25) is 0 Å². The number of carbonyl (C=O) groups excluding carboxylic acids is 1. The molecule has 108 valence electrons. The van der Waals surface area contributed by atoms with Crippen LogP contribution in [0.15, 0.2) is 48.1 Å². The van der Waals surface area contributed by atoms with E-state index >= 15 is 0 Å². The third-order valence-electron chi connectivity index (χ3n) is 2.67. The van der Waals surface area contributed by atoms with Gasteiger partial charge in [-0.05, 0) is 43.5 Å². The number of carbonyl (C=O) groups is 1. The van der Waals surface area contributed by atoms with E-state index in [0.717, 1.165) is 23.2 Å². The molecule has 0 atom stereocenters. The summed E-state index contributed by atoms with van der Waals surface area (Å²) in [6, 6.07) is 7.60. The van der Waals surface area contributed by atoms with Crippen LogP contribution in [-0.2, 0) is 11.2 Å². The molecule has 0 bridgehead atoms. The Balaban J connectivity index is 2.21. The van der Waals surface area contributed by atoms with Crippen LogP contribution in [0.3, 0.4) is 0 Å². The highest BCUT2D eigenvalue weighted by atomic mass is 16.5. The monoisotopic (exact) mass is 274 g/mol. The minimum Gasteiger partial charge on any atom is -0.445 e. The summed E-state index contributed by atoms with van der Waals surface area (Å²) in [5.41, 5.74) is 8.47. The third-order valence-corrected chi connectivity index (χ3v) is 2.67. The van der Waals surface area contributed by atoms with E-state index in [0.29, 0.717) is 13.2 Å². The topological polar surface area (TPSA) is 64.3 Å². The van der Waals surface area contributed by atoms with Crippen LogP contribution in [0.25, 0.3) is 0 Å². The van der Waals surface area contributed by atoms with Crippen LogP contribution in [0.1, 0.15) is 19.4 Å². The molecule has 1 rings (SSSR count). The smallest absolute Gasteiger partial charge is 0.407 e. The predicted octanol–water partition coefficient (Wildman–Crippen LogP) is 3.06. The lowest BCUT2D eigenvalue weighted by Gasteiger charge is -2.07. The van der Waals surface area contributed by atoms with E-state index in [1.807, 2.05) is 56.3 Å². The second-order valence-electron chi connectivity index (χ2n) is 4.53. The molecule has 4 heteroatoms. The molecule has 1 amide bonds. The highest BCUT2D eigenvalue weighted by Crippen LogP contribution is 2.05. The second kappa shape index (κ2) is 8.80. The number of nitrogen functional groups attached to an aromatic ring is 1. The van der Waals surface area contributed by atoms with Crippen molar-refractivity contribution in [2.75, 3.05) is 18.9 Å². The Labute approximate surface area is 120 Å². The number of anilines is 1. The van der Waals surface area contributed by atoms with Crippen molar-refractivity contribution in [2.24, 2.45) is 0 Å². The standard InChI is InChI=1S/C16H22N2O2/c1-3-4-5-13(2)12-20-16(19)18-11-10-14-6-8-15(17)9-7-14/h3-9H,10-12,17H2,1-2H3,(H,18,19). The van der Waals surface area contributed by atoms with Gasteiger partial charge in [0.25, 0.3) is 0 Å². The molecular formula is C16H22N2O2. The molecule has 0 aliphatic heterocycles. The normalized spacial score (nSPS) is 11.6. The fourth-order valence-electron chi connectivity index (χ4n) is 1.53. The molecule has 3 N–H and O–H groups in total. The number of hydrogen-bond acceptors (Lipinski definition) is 3. The number of alkyl carbamates (subject to hydrolysis) is 1. The van der Waals surface area contributed by atoms with E-state index in [2.05, 4.69) is 5.32 Å². The third kappa shape index (κ3) is 6.64. The van der Waals surface area contributed by atoms with Gasteiger partial charge in [-0.2, -0.15) is 0 Å². The molecule has 1 aromatic rings. The summed E-state index contributed by atoms with van der Waals surface area (Å²) >= 11 is 0. The average Bonchev–Trinajstić information content (AvgIpc) is 2.45. The van der Waals surface area contributed by atoms with E-state index in [9.17, 15) is 4.79 Å². The minimum atomic E-state index is -0.395. The number of ether oxygens (including phenoxy) is 1. The Morgan fingerprint density at radius 1 is 1.35 bits per heavy atom. The van der Waals surface area contributed by atoms with Crippen LogP contribution in [0.5, 0.6) is 0 Å². The molecule has 0 aliphatic carbocycles. The summed E-state index contributed by atoms with van der Waals surface area (Å²) in [5.74, 6) is 0. The van der Waals surface area contributed by atoms with Crippen molar-refractivity contribution in [3.63, 3.8) is 0 Å². The van der Waals surface area contributed by atoms with Crippen molar-refractivity contribution in [1.82, 2.24) is 5.32 Å². The van der Waals surface area contributed by atoms with Crippen LogP contribution in [0.2, 0.25) is 0 Å². The summed E-state index contributed by atoms with van der Waals surface area (Å²) in [6.07, 6.45) is 6.12. The molecule has 0 spiro atoms. The highest BCUT2D eigenvalue weighted by Gasteiger charge is 2.01. The first-order valence-corrected chi connectivity index (χ1v) is 6.65. The number of nitrogens with two attached hydrogens (primary N) is 1. The zero-order valence-corrected chi connectivity index (χ0v) is 12.1. The van der Waals surface area contributed by atoms with Crippen molar-refractivity contribution in [1.29, 1.82) is 0 Å². The van der Waals surface area contributed by atoms with Gasteiger partial charge in [0.05, 0.1) is 0 Å². The fourth-order valence-corrected chi connectivity index (χ4v) is 1.53. The van der Waals surface area contributed by atoms with Crippen LogP contribution >= 0.6 is 0 Å². The van der Waals surface area contributed by atoms with Crippen molar-refractivity contribution in [2.45, 2.75) is 20.3 Å². The Kier molecular flexibility index (Phi) is 6.96. The number of nitrogens with one attached hydrogen (secondary N) is 1. The first-order valence-electron chi connectivity index (χ1n) is 6.65. The average molecular weight is 274 g/mol. The molecule has 0 unspecified atom stereocenters. The maximum atomic E-state index is 11.5. The molecule has 0 aromatic heterocycles. The molecule has 0 radical (unpaired) electrons. The number of rotatable bonds is 6. The molecule has 1 aromatic carbocycles. The van der Waals surface area contributed by atoms with Crippen molar-refractivity contribution >= 4 is 11.8 Å². The molecule has 0 heterocycles. The zero-order chi connectivity index (χ0) is 14.8. The predicted molar refractivity (Wildman–Crippen MR) is 82.5 cm³/mol. The first-order chi connectivity index (χ1) is 9.61. The Morgan fingerprint density at radius 2 is 2.05 bits per heavy atom. The van der Waals surface area contributed by atoms with Gasteiger partial charge >= 0.3 is 6.09 Å². The summed E-state index contributed by atoms with van der Waals surface area (Å²) in [6.45, 7) is 4.70.